The van der Waals surface area contributed by atoms with Crippen LogP contribution in [0.2, 0.25) is 0 Å². The lowest BCUT2D eigenvalue weighted by atomic mass is 9.99. The topological polar surface area (TPSA) is 111 Å². The van der Waals surface area contributed by atoms with Crippen LogP contribution in [-0.2, 0) is 4.79 Å². The van der Waals surface area contributed by atoms with Crippen molar-refractivity contribution in [2.45, 2.75) is 32.1 Å². The van der Waals surface area contributed by atoms with Gasteiger partial charge < -0.3 is 9.32 Å². The zero-order valence-corrected chi connectivity index (χ0v) is 14.6. The van der Waals surface area contributed by atoms with E-state index in [1.54, 1.807) is 0 Å². The Kier molecular flexibility index (Phi) is 4.35. The van der Waals surface area contributed by atoms with Crippen molar-refractivity contribution in [1.82, 2.24) is 14.7 Å². The lowest BCUT2D eigenvalue weighted by Crippen LogP contribution is -2.31. The van der Waals surface area contributed by atoms with E-state index in [0.29, 0.717) is 36.2 Å². The second-order valence-corrected chi connectivity index (χ2v) is 6.66. The molecular weight excluding hydrogens is 352 g/mol. The van der Waals surface area contributed by atoms with Crippen molar-refractivity contribution in [3.8, 4) is 11.5 Å². The number of Topliss-reactive ketones (excluding diaryl/α,β-unsaturated/α-hetero) is 1. The van der Waals surface area contributed by atoms with E-state index in [9.17, 15) is 19.7 Å². The fourth-order valence-electron chi connectivity index (χ4n) is 3.61. The van der Waals surface area contributed by atoms with Crippen LogP contribution in [0.5, 0.6) is 0 Å². The smallest absolute Gasteiger partial charge is 0.387 e. The minimum Gasteiger partial charge on any atom is -0.387 e. The number of carbonyl (C=O) groups excluding carboxylic acids is 1. The lowest BCUT2D eigenvalue weighted by molar-refractivity contribution is -0.384. The number of nitrogens with zero attached hydrogens (tertiary/aromatic N) is 4. The molecule has 2 aliphatic rings. The molecule has 4 rings (SSSR count). The molecule has 2 heterocycles. The number of hydrogen-bond acceptors (Lipinski definition) is 7. The Morgan fingerprint density at radius 3 is 2.41 bits per heavy atom. The lowest BCUT2D eigenvalue weighted by Gasteiger charge is -2.26. The maximum absolute atomic E-state index is 12.5. The zero-order valence-electron chi connectivity index (χ0n) is 14.6. The van der Waals surface area contributed by atoms with Crippen LogP contribution >= 0.6 is 0 Å². The van der Waals surface area contributed by atoms with Gasteiger partial charge in [-0.25, -0.2) is 4.79 Å². The fraction of sp³-hybridized carbons (Fsp3) is 0.389. The van der Waals surface area contributed by atoms with Gasteiger partial charge in [-0.05, 0) is 37.8 Å². The first-order valence-corrected chi connectivity index (χ1v) is 8.91. The molecule has 1 aliphatic heterocycles. The van der Waals surface area contributed by atoms with E-state index in [0.717, 1.165) is 25.9 Å². The predicted octanol–water partition coefficient (Wildman–Crippen LogP) is 2.43. The summed E-state index contributed by atoms with van der Waals surface area (Å²) in [5.74, 6) is -0.559. The summed E-state index contributed by atoms with van der Waals surface area (Å²) in [4.78, 5) is 37.2. The first-order valence-electron chi connectivity index (χ1n) is 8.91. The normalized spacial score (nSPS) is 17.6. The van der Waals surface area contributed by atoms with Crippen LogP contribution in [0.25, 0.3) is 17.2 Å². The molecule has 0 radical (unpaired) electrons. The first kappa shape index (κ1) is 17.2. The summed E-state index contributed by atoms with van der Waals surface area (Å²) < 4.78 is 6.43. The van der Waals surface area contributed by atoms with E-state index in [1.807, 2.05) is 4.90 Å². The van der Waals surface area contributed by atoms with Gasteiger partial charge in [-0.15, -0.1) is 5.10 Å². The SMILES string of the molecule is O=C1CCCC(n2nc(-c3ccc([N+](=O)[O-])cc3)oc2=O)=C1N1CCCC1. The van der Waals surface area contributed by atoms with E-state index >= 15 is 0 Å². The van der Waals surface area contributed by atoms with Crippen molar-refractivity contribution in [3.05, 3.63) is 50.6 Å². The van der Waals surface area contributed by atoms with Crippen LogP contribution in [-0.4, -0.2) is 38.5 Å². The summed E-state index contributed by atoms with van der Waals surface area (Å²) in [5, 5.41) is 15.0. The van der Waals surface area contributed by atoms with Gasteiger partial charge in [0.1, 0.15) is 5.70 Å². The van der Waals surface area contributed by atoms with Gasteiger partial charge in [0.15, 0.2) is 5.78 Å². The summed E-state index contributed by atoms with van der Waals surface area (Å²) in [6, 6.07) is 5.62. The highest BCUT2D eigenvalue weighted by Gasteiger charge is 2.30. The molecule has 140 valence electrons. The highest BCUT2D eigenvalue weighted by molar-refractivity contribution is 6.01. The molecule has 27 heavy (non-hydrogen) atoms. The molecule has 1 aliphatic carbocycles. The maximum Gasteiger partial charge on any atom is 0.441 e. The molecule has 0 saturated carbocycles. The molecule has 2 aromatic rings. The number of rotatable bonds is 4. The van der Waals surface area contributed by atoms with Crippen molar-refractivity contribution in [1.29, 1.82) is 0 Å². The number of non-ortho nitro benzene ring substituents is 1. The van der Waals surface area contributed by atoms with Crippen LogP contribution in [0.1, 0.15) is 32.1 Å². The monoisotopic (exact) mass is 370 g/mol. The largest absolute Gasteiger partial charge is 0.441 e. The van der Waals surface area contributed by atoms with Crippen LogP contribution in [0.4, 0.5) is 5.69 Å². The number of aromatic nitrogens is 2. The minimum absolute atomic E-state index is 0.0323. The Bertz CT molecular complexity index is 980. The highest BCUT2D eigenvalue weighted by atomic mass is 16.6. The molecule has 1 saturated heterocycles. The van der Waals surface area contributed by atoms with Gasteiger partial charge in [0, 0.05) is 37.2 Å². The number of nitro groups is 1. The number of nitro benzene ring substituents is 1. The van der Waals surface area contributed by atoms with Gasteiger partial charge in [0.25, 0.3) is 5.69 Å². The number of ketones is 1. The average Bonchev–Trinajstić information content (AvgIpc) is 3.31. The molecule has 1 aromatic heterocycles. The molecule has 9 heteroatoms. The van der Waals surface area contributed by atoms with Gasteiger partial charge in [-0.1, -0.05) is 0 Å². The summed E-state index contributed by atoms with van der Waals surface area (Å²) in [6.07, 6.45) is 3.75. The molecule has 1 fully saturated rings. The first-order chi connectivity index (χ1) is 13.0. The van der Waals surface area contributed by atoms with Crippen molar-refractivity contribution < 1.29 is 14.1 Å². The average molecular weight is 370 g/mol. The quantitative estimate of drug-likeness (QED) is 0.600. The van der Waals surface area contributed by atoms with Gasteiger partial charge in [0.05, 0.1) is 10.6 Å². The van der Waals surface area contributed by atoms with Crippen molar-refractivity contribution in [3.63, 3.8) is 0 Å². The number of allylic oxidation sites excluding steroid dienone is 2. The summed E-state index contributed by atoms with van der Waals surface area (Å²) in [5.41, 5.74) is 1.55. The molecule has 0 spiro atoms. The van der Waals surface area contributed by atoms with Crippen LogP contribution in [0.15, 0.2) is 39.2 Å². The van der Waals surface area contributed by atoms with E-state index in [1.165, 1.54) is 28.9 Å². The standard InChI is InChI=1S/C18H18N4O5/c23-15-5-3-4-14(16(15)20-10-1-2-11-20)21-18(24)27-17(19-21)12-6-8-13(9-7-12)22(25)26/h6-9H,1-5,10-11H2. The Balaban J connectivity index is 1.75. The van der Waals surface area contributed by atoms with E-state index in [4.69, 9.17) is 4.42 Å². The second-order valence-electron chi connectivity index (χ2n) is 6.66. The van der Waals surface area contributed by atoms with Crippen molar-refractivity contribution in [2.75, 3.05) is 13.1 Å². The summed E-state index contributed by atoms with van der Waals surface area (Å²) >= 11 is 0. The molecule has 0 unspecified atom stereocenters. The number of carbonyl (C=O) groups is 1. The minimum atomic E-state index is -0.662. The third kappa shape index (κ3) is 3.16. The van der Waals surface area contributed by atoms with E-state index in [-0.39, 0.29) is 17.4 Å². The van der Waals surface area contributed by atoms with Crippen molar-refractivity contribution in [2.24, 2.45) is 0 Å². The van der Waals surface area contributed by atoms with Crippen LogP contribution in [0.3, 0.4) is 0 Å². The number of likely N-dealkylation sites (tertiary alicyclic amines) is 1. The number of hydrogen-bond donors (Lipinski definition) is 0. The van der Waals surface area contributed by atoms with E-state index < -0.39 is 10.7 Å². The third-order valence-corrected chi connectivity index (χ3v) is 4.91. The second kappa shape index (κ2) is 6.82. The molecule has 0 N–H and O–H groups in total. The van der Waals surface area contributed by atoms with Gasteiger partial charge in [-0.2, -0.15) is 4.68 Å². The van der Waals surface area contributed by atoms with Crippen LogP contribution in [0, 0.1) is 10.1 Å². The van der Waals surface area contributed by atoms with Crippen molar-refractivity contribution >= 4 is 17.2 Å². The molecule has 0 amide bonds. The zero-order chi connectivity index (χ0) is 19.0. The highest BCUT2D eigenvalue weighted by Crippen LogP contribution is 2.30. The molecule has 0 bridgehead atoms. The van der Waals surface area contributed by atoms with E-state index in [2.05, 4.69) is 5.10 Å². The Morgan fingerprint density at radius 2 is 1.74 bits per heavy atom. The number of benzene rings is 1. The molecular formula is C18H18N4O5. The Labute approximate surface area is 154 Å². The summed E-state index contributed by atoms with van der Waals surface area (Å²) in [6.45, 7) is 1.60. The maximum atomic E-state index is 12.5. The fourth-order valence-corrected chi connectivity index (χ4v) is 3.61. The Morgan fingerprint density at radius 1 is 1.04 bits per heavy atom. The predicted molar refractivity (Wildman–Crippen MR) is 95.7 cm³/mol. The molecule has 1 aromatic carbocycles. The third-order valence-electron chi connectivity index (χ3n) is 4.91. The molecule has 9 nitrogen and oxygen atoms in total. The molecule has 0 atom stereocenters. The Hall–Kier alpha value is -3.23. The van der Waals surface area contributed by atoms with Gasteiger partial charge in [-0.3, -0.25) is 14.9 Å². The summed E-state index contributed by atoms with van der Waals surface area (Å²) in [7, 11) is 0. The van der Waals surface area contributed by atoms with Gasteiger partial charge >= 0.3 is 5.76 Å². The van der Waals surface area contributed by atoms with Crippen LogP contribution < -0.4 is 5.76 Å². The van der Waals surface area contributed by atoms with Gasteiger partial charge in [0.2, 0.25) is 5.89 Å².